The summed E-state index contributed by atoms with van der Waals surface area (Å²) in [5.41, 5.74) is 1.06. The van der Waals surface area contributed by atoms with Gasteiger partial charge >= 0.3 is 18.1 Å². The molecule has 0 aliphatic heterocycles. The largest absolute Gasteiger partial charge is 0.470 e. The molecule has 0 aliphatic carbocycles. The minimum absolute atomic E-state index is 0.189. The third-order valence-corrected chi connectivity index (χ3v) is 4.27. The van der Waals surface area contributed by atoms with Gasteiger partial charge in [0.05, 0.1) is 6.54 Å². The molecule has 0 radical (unpaired) electrons. The standard InChI is InChI=1S/C20H18F3N5O2/c1-3-27(4-2)19(29)28(16-7-5-6-12-24-16)13-14-8-10-15(11-9-14)17-25-26-18(30-17)20(21,22)23/h6,8-12H,3-4,13H2,1-2H3. The number of hydrogen-bond donors (Lipinski definition) is 0. The van der Waals surface area contributed by atoms with Crippen LogP contribution in [0, 0.1) is 12.1 Å². The average Bonchev–Trinajstić information content (AvgIpc) is 3.25. The topological polar surface area (TPSA) is 75.4 Å². The van der Waals surface area contributed by atoms with E-state index in [4.69, 9.17) is 0 Å². The van der Waals surface area contributed by atoms with Gasteiger partial charge < -0.3 is 9.32 Å². The zero-order valence-corrected chi connectivity index (χ0v) is 16.3. The van der Waals surface area contributed by atoms with E-state index >= 15 is 0 Å². The van der Waals surface area contributed by atoms with Gasteiger partial charge in [0.1, 0.15) is 0 Å². The van der Waals surface area contributed by atoms with E-state index in [1.165, 1.54) is 11.1 Å². The fourth-order valence-electron chi connectivity index (χ4n) is 2.71. The Morgan fingerprint density at radius 2 is 1.83 bits per heavy atom. The number of aromatic nitrogens is 3. The zero-order chi connectivity index (χ0) is 21.7. The van der Waals surface area contributed by atoms with E-state index in [9.17, 15) is 18.0 Å². The van der Waals surface area contributed by atoms with E-state index in [-0.39, 0.29) is 18.5 Å². The molecule has 156 valence electrons. The number of carbonyl (C=O) groups is 1. The third-order valence-electron chi connectivity index (χ3n) is 4.27. The summed E-state index contributed by atoms with van der Waals surface area (Å²) in [6.45, 7) is 5.00. The Morgan fingerprint density at radius 3 is 2.37 bits per heavy atom. The van der Waals surface area contributed by atoms with Crippen molar-refractivity contribution in [3.8, 4) is 11.5 Å². The van der Waals surface area contributed by atoms with Crippen molar-refractivity contribution < 1.29 is 22.4 Å². The first-order valence-corrected chi connectivity index (χ1v) is 9.14. The number of amides is 2. The van der Waals surface area contributed by atoms with Crippen LogP contribution in [0.2, 0.25) is 0 Å². The first kappa shape index (κ1) is 21.1. The van der Waals surface area contributed by atoms with Gasteiger partial charge in [-0.05, 0) is 37.6 Å². The molecular weight excluding hydrogens is 399 g/mol. The second-order valence-corrected chi connectivity index (χ2v) is 6.19. The summed E-state index contributed by atoms with van der Waals surface area (Å²) in [5, 5.41) is 6.46. The van der Waals surface area contributed by atoms with Crippen LogP contribution in [-0.2, 0) is 12.7 Å². The highest BCUT2D eigenvalue weighted by Gasteiger charge is 2.38. The predicted molar refractivity (Wildman–Crippen MR) is 101 cm³/mol. The SMILES string of the molecule is CCN(CC)C(=O)N(Cc1ccc(-c2nnc(C(F)(F)F)o2)cc1)c1c#cccn1. The van der Waals surface area contributed by atoms with E-state index in [1.807, 2.05) is 13.8 Å². The number of anilines is 1. The maximum atomic E-state index is 12.9. The Labute approximate surface area is 171 Å². The quantitative estimate of drug-likeness (QED) is 0.600. The lowest BCUT2D eigenvalue weighted by atomic mass is 10.1. The number of alkyl halides is 3. The summed E-state index contributed by atoms with van der Waals surface area (Å²) in [6, 6.07) is 13.4. The molecule has 0 unspecified atom stereocenters. The van der Waals surface area contributed by atoms with Gasteiger partial charge in [-0.2, -0.15) is 13.2 Å². The molecule has 0 aliphatic rings. The second kappa shape index (κ2) is 8.82. The molecule has 0 spiro atoms. The third kappa shape index (κ3) is 4.68. The monoisotopic (exact) mass is 417 g/mol. The predicted octanol–water partition coefficient (Wildman–Crippen LogP) is 4.22. The van der Waals surface area contributed by atoms with Crippen LogP contribution in [0.4, 0.5) is 23.8 Å². The molecule has 2 aromatic heterocycles. The average molecular weight is 417 g/mol. The van der Waals surface area contributed by atoms with Crippen molar-refractivity contribution in [1.82, 2.24) is 20.1 Å². The summed E-state index contributed by atoms with van der Waals surface area (Å²) >= 11 is 0. The summed E-state index contributed by atoms with van der Waals surface area (Å²) in [6.07, 6.45) is -3.18. The Morgan fingerprint density at radius 1 is 1.13 bits per heavy atom. The number of rotatable bonds is 6. The van der Waals surface area contributed by atoms with E-state index in [0.29, 0.717) is 24.5 Å². The van der Waals surface area contributed by atoms with E-state index in [1.54, 1.807) is 35.2 Å². The van der Waals surface area contributed by atoms with Crippen molar-refractivity contribution in [2.24, 2.45) is 0 Å². The molecule has 3 aromatic rings. The minimum atomic E-state index is -4.70. The van der Waals surface area contributed by atoms with Crippen LogP contribution in [0.25, 0.3) is 11.5 Å². The number of carbonyl (C=O) groups excluding carboxylic acids is 1. The van der Waals surface area contributed by atoms with Gasteiger partial charge in [0, 0.05) is 30.9 Å². The normalized spacial score (nSPS) is 11.1. The molecule has 2 heterocycles. The molecule has 30 heavy (non-hydrogen) atoms. The van der Waals surface area contributed by atoms with Crippen molar-refractivity contribution in [3.63, 3.8) is 0 Å². The Bertz CT molecular complexity index is 970. The molecule has 2 amide bonds. The number of urea groups is 1. The van der Waals surface area contributed by atoms with Gasteiger partial charge in [-0.1, -0.05) is 18.2 Å². The Balaban J connectivity index is 1.83. The maximum Gasteiger partial charge on any atom is 0.470 e. The number of halogens is 3. The van der Waals surface area contributed by atoms with Gasteiger partial charge in [-0.25, -0.2) is 9.78 Å². The fourth-order valence-corrected chi connectivity index (χ4v) is 2.71. The fraction of sp³-hybridized carbons (Fsp3) is 0.300. The lowest BCUT2D eigenvalue weighted by Gasteiger charge is -2.27. The Kier molecular flexibility index (Phi) is 6.20. The van der Waals surface area contributed by atoms with Gasteiger partial charge in [0.15, 0.2) is 5.82 Å². The van der Waals surface area contributed by atoms with Crippen molar-refractivity contribution in [1.29, 1.82) is 0 Å². The van der Waals surface area contributed by atoms with Gasteiger partial charge in [-0.15, -0.1) is 10.2 Å². The van der Waals surface area contributed by atoms with E-state index in [0.717, 1.165) is 5.56 Å². The number of benzene rings is 1. The number of hydrogen-bond acceptors (Lipinski definition) is 5. The van der Waals surface area contributed by atoms with E-state index in [2.05, 4.69) is 31.7 Å². The highest BCUT2D eigenvalue weighted by atomic mass is 19.4. The summed E-state index contributed by atoms with van der Waals surface area (Å²) in [7, 11) is 0. The highest BCUT2D eigenvalue weighted by molar-refractivity contribution is 5.90. The van der Waals surface area contributed by atoms with Crippen molar-refractivity contribution >= 4 is 11.8 Å². The van der Waals surface area contributed by atoms with Crippen LogP contribution in [-0.4, -0.2) is 39.2 Å². The molecule has 7 nitrogen and oxygen atoms in total. The van der Waals surface area contributed by atoms with Crippen LogP contribution in [0.15, 0.2) is 40.9 Å². The van der Waals surface area contributed by atoms with Crippen LogP contribution in [0.5, 0.6) is 0 Å². The molecule has 10 heteroatoms. The lowest BCUT2D eigenvalue weighted by Crippen LogP contribution is -2.43. The Hall–Kier alpha value is -3.61. The van der Waals surface area contributed by atoms with Crippen molar-refractivity contribution in [3.05, 3.63) is 60.1 Å². The highest BCUT2D eigenvalue weighted by Crippen LogP contribution is 2.30. The molecular formula is C20H18F3N5O2. The van der Waals surface area contributed by atoms with Gasteiger partial charge in [0.2, 0.25) is 5.89 Å². The molecule has 0 N–H and O–H groups in total. The second-order valence-electron chi connectivity index (χ2n) is 6.19. The summed E-state index contributed by atoms with van der Waals surface area (Å²) in [5.74, 6) is -1.32. The van der Waals surface area contributed by atoms with Crippen molar-refractivity contribution in [2.45, 2.75) is 26.6 Å². The van der Waals surface area contributed by atoms with Crippen LogP contribution in [0.1, 0.15) is 25.3 Å². The minimum Gasteiger partial charge on any atom is -0.413 e. The molecule has 1 aromatic carbocycles. The molecule has 0 atom stereocenters. The van der Waals surface area contributed by atoms with Crippen molar-refractivity contribution in [2.75, 3.05) is 18.0 Å². The molecule has 0 fully saturated rings. The van der Waals surface area contributed by atoms with Gasteiger partial charge in [0.25, 0.3) is 0 Å². The van der Waals surface area contributed by atoms with Gasteiger partial charge in [-0.3, -0.25) is 4.90 Å². The smallest absolute Gasteiger partial charge is 0.413 e. The maximum absolute atomic E-state index is 12.9. The molecule has 0 saturated carbocycles. The zero-order valence-electron chi connectivity index (χ0n) is 16.3. The van der Waals surface area contributed by atoms with E-state index < -0.39 is 12.1 Å². The summed E-state index contributed by atoms with van der Waals surface area (Å²) in [4.78, 5) is 20.2. The summed E-state index contributed by atoms with van der Waals surface area (Å²) < 4.78 is 42.6. The van der Waals surface area contributed by atoms with Crippen LogP contribution >= 0.6 is 0 Å². The molecule has 0 bridgehead atoms. The first-order chi connectivity index (χ1) is 14.3. The number of nitrogens with zero attached hydrogens (tertiary/aromatic N) is 5. The molecule has 3 rings (SSSR count). The van der Waals surface area contributed by atoms with Crippen LogP contribution < -0.4 is 4.90 Å². The lowest BCUT2D eigenvalue weighted by molar-refractivity contribution is -0.156. The molecule has 0 saturated heterocycles. The van der Waals surface area contributed by atoms with Crippen LogP contribution in [0.3, 0.4) is 0 Å². The first-order valence-electron chi connectivity index (χ1n) is 9.14.